The van der Waals surface area contributed by atoms with E-state index in [1.165, 1.54) is 12.1 Å². The zero-order chi connectivity index (χ0) is 35.2. The number of carbonyl (C=O) groups excluding carboxylic acids is 1. The van der Waals surface area contributed by atoms with Crippen molar-refractivity contribution in [2.45, 2.75) is 36.8 Å². The summed E-state index contributed by atoms with van der Waals surface area (Å²) >= 11 is 1.65. The Balaban J connectivity index is 1.46. The van der Waals surface area contributed by atoms with Crippen molar-refractivity contribution in [2.75, 3.05) is 32.6 Å². The van der Waals surface area contributed by atoms with Crippen LogP contribution in [-0.2, 0) is 28.2 Å². The number of carbonyl (C=O) groups is 1. The fourth-order valence-corrected chi connectivity index (χ4v) is 6.33. The highest BCUT2D eigenvalue weighted by atomic mass is 32.2. The molecule has 11 nitrogen and oxygen atoms in total. The Morgan fingerprint density at radius 2 is 1.84 bits per heavy atom. The van der Waals surface area contributed by atoms with Crippen LogP contribution in [0.25, 0.3) is 10.4 Å². The van der Waals surface area contributed by atoms with E-state index in [0.717, 1.165) is 16.7 Å². The van der Waals surface area contributed by atoms with Gasteiger partial charge in [-0.05, 0) is 76.3 Å². The molecule has 0 saturated carbocycles. The van der Waals surface area contributed by atoms with E-state index in [1.54, 1.807) is 43.1 Å². The van der Waals surface area contributed by atoms with Crippen molar-refractivity contribution in [1.82, 2.24) is 10.9 Å². The third-order valence-corrected chi connectivity index (χ3v) is 9.09. The number of halogens is 1. The zero-order valence-corrected chi connectivity index (χ0v) is 28.4. The number of amides is 1. The van der Waals surface area contributed by atoms with E-state index in [9.17, 15) is 9.18 Å². The van der Waals surface area contributed by atoms with Crippen molar-refractivity contribution < 1.29 is 28.5 Å². The molecule has 0 fully saturated rings. The molecule has 1 amide bonds. The monoisotopic (exact) mass is 698 g/mol. The van der Waals surface area contributed by atoms with Crippen LogP contribution in [0, 0.1) is 5.82 Å². The standard InChI is InChI=1S/C37H39FN6O5S/c1-47-33-9-4-8-28(22-33)34-37(23-29-6-2-3-7-30(29)24-41-44-39,36(46)43-40-18-21-50-25-26-10-14-31(38)15-11-26)42-35(49-34)27-12-16-32(17-13-27)48-20-5-19-45/h2-4,6-17,22,34,40,45H,5,18-21,23-25H2,1H3,(H,43,46)/t34-,37-/m0/s1. The van der Waals surface area contributed by atoms with E-state index < -0.39 is 17.6 Å². The molecule has 0 saturated heterocycles. The summed E-state index contributed by atoms with van der Waals surface area (Å²) in [5.41, 5.74) is 17.4. The molecule has 0 aliphatic carbocycles. The van der Waals surface area contributed by atoms with Gasteiger partial charge in [-0.15, -0.1) is 0 Å². The molecule has 1 aliphatic rings. The molecule has 0 spiro atoms. The summed E-state index contributed by atoms with van der Waals surface area (Å²) in [6.45, 7) is 0.975. The first-order valence-corrected chi connectivity index (χ1v) is 17.3. The lowest BCUT2D eigenvalue weighted by molar-refractivity contribution is -0.130. The summed E-state index contributed by atoms with van der Waals surface area (Å²) in [4.78, 5) is 22.6. The number of aliphatic imine (C=N–C) groups is 1. The second kappa shape index (κ2) is 18.1. The van der Waals surface area contributed by atoms with Gasteiger partial charge in [0.15, 0.2) is 11.6 Å². The third-order valence-electron chi connectivity index (χ3n) is 8.06. The number of methoxy groups -OCH3 is 1. The van der Waals surface area contributed by atoms with Crippen LogP contribution in [0.15, 0.2) is 107 Å². The normalized spacial score (nSPS) is 16.5. The van der Waals surface area contributed by atoms with Gasteiger partial charge in [-0.3, -0.25) is 10.2 Å². The van der Waals surface area contributed by atoms with E-state index in [0.29, 0.717) is 53.7 Å². The Labute approximate surface area is 294 Å². The second-order valence-corrected chi connectivity index (χ2v) is 12.6. The van der Waals surface area contributed by atoms with Crippen molar-refractivity contribution in [3.8, 4) is 11.5 Å². The molecule has 0 radical (unpaired) electrons. The van der Waals surface area contributed by atoms with Gasteiger partial charge < -0.3 is 19.3 Å². The third kappa shape index (κ3) is 9.33. The van der Waals surface area contributed by atoms with Gasteiger partial charge in [0.1, 0.15) is 17.3 Å². The Hall–Kier alpha value is -5.07. The molecule has 3 N–H and O–H groups in total. The largest absolute Gasteiger partial charge is 0.497 e. The number of aliphatic hydroxyl groups excluding tert-OH is 1. The van der Waals surface area contributed by atoms with Crippen LogP contribution in [0.3, 0.4) is 0 Å². The first kappa shape index (κ1) is 36.2. The number of nitrogens with one attached hydrogen (secondary N) is 2. The molecule has 13 heteroatoms. The molecule has 0 bridgehead atoms. The Morgan fingerprint density at radius 1 is 1.06 bits per heavy atom. The number of benzene rings is 4. The highest BCUT2D eigenvalue weighted by Gasteiger charge is 2.53. The van der Waals surface area contributed by atoms with Crippen LogP contribution in [0.5, 0.6) is 11.5 Å². The Morgan fingerprint density at radius 3 is 2.58 bits per heavy atom. The summed E-state index contributed by atoms with van der Waals surface area (Å²) in [7, 11) is 1.57. The summed E-state index contributed by atoms with van der Waals surface area (Å²) in [5, 5.41) is 12.9. The number of rotatable bonds is 18. The quantitative estimate of drug-likeness (QED) is 0.0355. The molecule has 1 aliphatic heterocycles. The maximum Gasteiger partial charge on any atom is 0.266 e. The molecule has 4 aromatic carbocycles. The molecule has 1 heterocycles. The number of hydrogen-bond acceptors (Lipinski definition) is 9. The Bertz CT molecular complexity index is 1800. The summed E-state index contributed by atoms with van der Waals surface area (Å²) in [6.07, 6.45) is -0.222. The van der Waals surface area contributed by atoms with Crippen LogP contribution in [-0.4, -0.2) is 55.1 Å². The van der Waals surface area contributed by atoms with Gasteiger partial charge in [-0.2, -0.15) is 11.8 Å². The van der Waals surface area contributed by atoms with E-state index in [4.69, 9.17) is 29.8 Å². The predicted molar refractivity (Wildman–Crippen MR) is 191 cm³/mol. The number of azide groups is 1. The average molecular weight is 699 g/mol. The predicted octanol–water partition coefficient (Wildman–Crippen LogP) is 6.46. The van der Waals surface area contributed by atoms with Gasteiger partial charge in [0.25, 0.3) is 5.91 Å². The maximum atomic E-state index is 14.5. The highest BCUT2D eigenvalue weighted by molar-refractivity contribution is 7.98. The number of thioether (sulfide) groups is 1. The van der Waals surface area contributed by atoms with Crippen molar-refractivity contribution in [3.05, 3.63) is 141 Å². The lowest BCUT2D eigenvalue weighted by Crippen LogP contribution is -2.54. The van der Waals surface area contributed by atoms with Crippen LogP contribution in [0.4, 0.5) is 4.39 Å². The van der Waals surface area contributed by atoms with Crippen molar-refractivity contribution in [3.63, 3.8) is 0 Å². The zero-order valence-electron chi connectivity index (χ0n) is 27.6. The van der Waals surface area contributed by atoms with Crippen LogP contribution in [0.1, 0.15) is 40.3 Å². The second-order valence-electron chi connectivity index (χ2n) is 11.5. The van der Waals surface area contributed by atoms with E-state index in [-0.39, 0.29) is 31.3 Å². The molecule has 0 aromatic heterocycles. The van der Waals surface area contributed by atoms with Crippen LogP contribution in [0.2, 0.25) is 0 Å². The molecule has 50 heavy (non-hydrogen) atoms. The molecule has 4 aromatic rings. The lowest BCUT2D eigenvalue weighted by Gasteiger charge is -2.31. The van der Waals surface area contributed by atoms with Crippen molar-refractivity contribution in [2.24, 2.45) is 10.1 Å². The molecule has 260 valence electrons. The SMILES string of the molecule is COc1cccc([C@@H]2OC(c3ccc(OCCCO)cc3)=N[C@]2(Cc2ccccc2CN=[N+]=[N-])C(=O)NNCCSCc2ccc(F)cc2)c1. The summed E-state index contributed by atoms with van der Waals surface area (Å²) < 4.78 is 31.1. The van der Waals surface area contributed by atoms with E-state index >= 15 is 0 Å². The number of nitrogens with zero attached hydrogens (tertiary/aromatic N) is 4. The van der Waals surface area contributed by atoms with E-state index in [1.807, 2.05) is 60.7 Å². The lowest BCUT2D eigenvalue weighted by atomic mass is 9.81. The first-order chi connectivity index (χ1) is 24.5. The Kier molecular flexibility index (Phi) is 13.1. The topological polar surface area (TPSA) is 150 Å². The fourth-order valence-electron chi connectivity index (χ4n) is 5.51. The average Bonchev–Trinajstić information content (AvgIpc) is 3.54. The number of hydrogen-bond donors (Lipinski definition) is 3. The number of ether oxygens (including phenoxy) is 3. The van der Waals surface area contributed by atoms with Gasteiger partial charge in [0.2, 0.25) is 5.90 Å². The minimum absolute atomic E-state index is 0.0359. The van der Waals surface area contributed by atoms with Crippen molar-refractivity contribution >= 4 is 23.6 Å². The minimum atomic E-state index is -1.50. The summed E-state index contributed by atoms with van der Waals surface area (Å²) in [5.74, 6) is 2.19. The maximum absolute atomic E-state index is 14.5. The fraction of sp³-hybridized carbons (Fsp3) is 0.297. The van der Waals surface area contributed by atoms with Gasteiger partial charge in [0, 0.05) is 48.0 Å². The molecular weight excluding hydrogens is 660 g/mol. The molecule has 0 unspecified atom stereocenters. The van der Waals surface area contributed by atoms with Crippen LogP contribution < -0.4 is 20.3 Å². The van der Waals surface area contributed by atoms with Gasteiger partial charge in [-0.1, -0.05) is 53.6 Å². The van der Waals surface area contributed by atoms with Gasteiger partial charge in [0.05, 0.1) is 20.3 Å². The smallest absolute Gasteiger partial charge is 0.266 e. The number of hydrazine groups is 1. The molecular formula is C37H39FN6O5S. The number of aliphatic hydroxyl groups is 1. The first-order valence-electron chi connectivity index (χ1n) is 16.1. The summed E-state index contributed by atoms with van der Waals surface area (Å²) in [6, 6.07) is 28.4. The van der Waals surface area contributed by atoms with Crippen LogP contribution >= 0.6 is 11.8 Å². The van der Waals surface area contributed by atoms with Crippen molar-refractivity contribution in [1.29, 1.82) is 0 Å². The van der Waals surface area contributed by atoms with E-state index in [2.05, 4.69) is 20.9 Å². The van der Waals surface area contributed by atoms with Gasteiger partial charge >= 0.3 is 0 Å². The molecule has 2 atom stereocenters. The minimum Gasteiger partial charge on any atom is -0.497 e. The van der Waals surface area contributed by atoms with Gasteiger partial charge in [-0.25, -0.2) is 14.8 Å². The highest BCUT2D eigenvalue weighted by Crippen LogP contribution is 2.43. The molecule has 5 rings (SSSR count).